The molecule has 1 unspecified atom stereocenters. The van der Waals surface area contributed by atoms with Gasteiger partial charge in [-0.25, -0.2) is 4.79 Å². The molecule has 0 saturated heterocycles. The second-order valence-electron chi connectivity index (χ2n) is 2.97. The molecule has 0 fully saturated rings. The van der Waals surface area contributed by atoms with Crippen LogP contribution < -0.4 is 0 Å². The van der Waals surface area contributed by atoms with Crippen molar-refractivity contribution in [1.82, 2.24) is 4.57 Å². The van der Waals surface area contributed by atoms with Gasteiger partial charge in [0, 0.05) is 38.6 Å². The Morgan fingerprint density at radius 1 is 1.67 bits per heavy atom. The molecule has 0 aliphatic heterocycles. The molecule has 0 aliphatic rings. The third-order valence-corrected chi connectivity index (χ3v) is 3.84. The summed E-state index contributed by atoms with van der Waals surface area (Å²) in [7, 11) is -0.856. The van der Waals surface area contributed by atoms with Gasteiger partial charge >= 0.3 is 5.97 Å². The van der Waals surface area contributed by atoms with Crippen LogP contribution in [0.5, 0.6) is 0 Å². The van der Waals surface area contributed by atoms with Gasteiger partial charge in [0.05, 0.1) is 0 Å². The van der Waals surface area contributed by atoms with Gasteiger partial charge in [0.1, 0.15) is 5.69 Å². The summed E-state index contributed by atoms with van der Waals surface area (Å²) in [6, 6.07) is 1.61. The number of rotatable bonds is 5. The first-order valence-corrected chi connectivity index (χ1v) is 7.05. The lowest BCUT2D eigenvalue weighted by molar-refractivity contribution is 0.0685. The van der Waals surface area contributed by atoms with Crippen LogP contribution >= 0.6 is 22.6 Å². The molecule has 4 nitrogen and oxygen atoms in total. The van der Waals surface area contributed by atoms with E-state index in [1.54, 1.807) is 16.8 Å². The van der Waals surface area contributed by atoms with Crippen LogP contribution in [0.4, 0.5) is 0 Å². The molecule has 84 valence electrons. The summed E-state index contributed by atoms with van der Waals surface area (Å²) >= 11 is 2.07. The zero-order valence-electron chi connectivity index (χ0n) is 8.27. The highest BCUT2D eigenvalue weighted by Gasteiger charge is 2.11. The number of hydrogen-bond donors (Lipinski definition) is 1. The molecule has 6 heteroatoms. The molecular formula is C9H12INO3S. The Bertz CT molecular complexity index is 389. The first-order valence-electron chi connectivity index (χ1n) is 4.48. The first-order chi connectivity index (χ1) is 7.04. The lowest BCUT2D eigenvalue weighted by Crippen LogP contribution is -2.13. The minimum absolute atomic E-state index is 0.257. The van der Waals surface area contributed by atoms with Crippen LogP contribution in [-0.2, 0) is 17.3 Å². The lowest BCUT2D eigenvalue weighted by Gasteiger charge is -2.04. The van der Waals surface area contributed by atoms with Gasteiger partial charge in [-0.05, 0) is 28.7 Å². The van der Waals surface area contributed by atoms with Crippen molar-refractivity contribution in [1.29, 1.82) is 0 Å². The zero-order chi connectivity index (χ0) is 11.4. The number of carboxylic acids is 1. The first kappa shape index (κ1) is 12.7. The van der Waals surface area contributed by atoms with Crippen molar-refractivity contribution in [3.63, 3.8) is 0 Å². The minimum atomic E-state index is -0.944. The molecule has 0 bridgehead atoms. The molecule has 15 heavy (non-hydrogen) atoms. The van der Waals surface area contributed by atoms with Gasteiger partial charge in [0.25, 0.3) is 0 Å². The average Bonchev–Trinajstić information content (AvgIpc) is 2.56. The Balaban J connectivity index is 2.75. The third kappa shape index (κ3) is 3.60. The summed E-state index contributed by atoms with van der Waals surface area (Å²) in [5, 5.41) is 8.90. The Labute approximate surface area is 104 Å². The van der Waals surface area contributed by atoms with Crippen LogP contribution in [-0.4, -0.2) is 31.4 Å². The van der Waals surface area contributed by atoms with Crippen molar-refractivity contribution < 1.29 is 14.1 Å². The van der Waals surface area contributed by atoms with E-state index in [9.17, 15) is 9.00 Å². The van der Waals surface area contributed by atoms with Crippen molar-refractivity contribution in [2.45, 2.75) is 13.5 Å². The Kier molecular flexibility index (Phi) is 4.78. The van der Waals surface area contributed by atoms with E-state index in [1.807, 2.05) is 6.92 Å². The standard InChI is InChI=1S/C9H12INO3S/c1-2-15(14)4-3-11-6-7(10)5-8(11)9(12)13/h5-6H,2-4H2,1H3,(H,12,13). The monoisotopic (exact) mass is 341 g/mol. The van der Waals surface area contributed by atoms with E-state index in [-0.39, 0.29) is 5.69 Å². The van der Waals surface area contributed by atoms with Crippen molar-refractivity contribution in [3.05, 3.63) is 21.5 Å². The largest absolute Gasteiger partial charge is 0.477 e. The smallest absolute Gasteiger partial charge is 0.352 e. The molecule has 0 saturated carbocycles. The predicted molar refractivity (Wildman–Crippen MR) is 67.7 cm³/mol. The van der Waals surface area contributed by atoms with Crippen LogP contribution in [0.1, 0.15) is 17.4 Å². The molecular weight excluding hydrogens is 329 g/mol. The minimum Gasteiger partial charge on any atom is -0.477 e. The van der Waals surface area contributed by atoms with Gasteiger partial charge < -0.3 is 9.67 Å². The fraction of sp³-hybridized carbons (Fsp3) is 0.444. The Morgan fingerprint density at radius 2 is 2.33 bits per heavy atom. The Morgan fingerprint density at radius 3 is 2.87 bits per heavy atom. The van der Waals surface area contributed by atoms with Crippen molar-refractivity contribution in [2.75, 3.05) is 11.5 Å². The molecule has 0 spiro atoms. The van der Waals surface area contributed by atoms with E-state index >= 15 is 0 Å². The highest BCUT2D eigenvalue weighted by atomic mass is 127. The lowest BCUT2D eigenvalue weighted by atomic mass is 10.4. The number of aromatic carboxylic acids is 1. The van der Waals surface area contributed by atoms with Crippen molar-refractivity contribution >= 4 is 39.4 Å². The van der Waals surface area contributed by atoms with Crippen LogP contribution in [0.25, 0.3) is 0 Å². The maximum absolute atomic E-state index is 11.2. The summed E-state index contributed by atoms with van der Waals surface area (Å²) < 4.78 is 13.7. The van der Waals surface area contributed by atoms with Gasteiger partial charge in [-0.3, -0.25) is 4.21 Å². The van der Waals surface area contributed by atoms with E-state index in [1.165, 1.54) is 0 Å². The molecule has 0 aliphatic carbocycles. The van der Waals surface area contributed by atoms with Gasteiger partial charge in [-0.15, -0.1) is 0 Å². The molecule has 1 aromatic rings. The molecule has 1 atom stereocenters. The number of carbonyl (C=O) groups is 1. The third-order valence-electron chi connectivity index (χ3n) is 1.96. The number of carboxylic acid groups (broad SMARTS) is 1. The Hall–Kier alpha value is -0.370. The summed E-state index contributed by atoms with van der Waals surface area (Å²) in [5.74, 6) is 0.169. The second-order valence-corrected chi connectivity index (χ2v) is 6.09. The van der Waals surface area contributed by atoms with Crippen molar-refractivity contribution in [3.8, 4) is 0 Å². The fourth-order valence-electron chi connectivity index (χ4n) is 1.18. The number of aromatic nitrogens is 1. The molecule has 1 aromatic heterocycles. The quantitative estimate of drug-likeness (QED) is 0.827. The topological polar surface area (TPSA) is 59.3 Å². The fourth-order valence-corrected chi connectivity index (χ4v) is 2.50. The summed E-state index contributed by atoms with van der Waals surface area (Å²) in [4.78, 5) is 10.8. The number of aryl methyl sites for hydroxylation is 1. The zero-order valence-corrected chi connectivity index (χ0v) is 11.2. The van der Waals surface area contributed by atoms with E-state index < -0.39 is 16.8 Å². The normalized spacial score (nSPS) is 12.7. The van der Waals surface area contributed by atoms with Crippen LogP contribution in [0.3, 0.4) is 0 Å². The maximum atomic E-state index is 11.2. The van der Waals surface area contributed by atoms with Crippen LogP contribution in [0.15, 0.2) is 12.3 Å². The predicted octanol–water partition coefficient (Wildman–Crippen LogP) is 1.56. The van der Waals surface area contributed by atoms with Crippen LogP contribution in [0, 0.1) is 3.57 Å². The SMILES string of the molecule is CCS(=O)CCn1cc(I)cc1C(=O)O. The molecule has 1 heterocycles. The number of halogens is 1. The van der Waals surface area contributed by atoms with E-state index in [4.69, 9.17) is 5.11 Å². The average molecular weight is 341 g/mol. The van der Waals surface area contributed by atoms with Crippen molar-refractivity contribution in [2.24, 2.45) is 0 Å². The second kappa shape index (κ2) is 5.64. The summed E-state index contributed by atoms with van der Waals surface area (Å²) in [6.07, 6.45) is 1.76. The number of nitrogens with zero attached hydrogens (tertiary/aromatic N) is 1. The van der Waals surface area contributed by atoms with Crippen LogP contribution in [0.2, 0.25) is 0 Å². The van der Waals surface area contributed by atoms with Gasteiger partial charge in [0.2, 0.25) is 0 Å². The molecule has 1 rings (SSSR count). The van der Waals surface area contributed by atoms with Gasteiger partial charge in [-0.2, -0.15) is 0 Å². The maximum Gasteiger partial charge on any atom is 0.352 e. The van der Waals surface area contributed by atoms with E-state index in [2.05, 4.69) is 22.6 Å². The van der Waals surface area contributed by atoms with Gasteiger partial charge in [-0.1, -0.05) is 6.92 Å². The van der Waals surface area contributed by atoms with E-state index in [0.717, 1.165) is 3.57 Å². The highest BCUT2D eigenvalue weighted by molar-refractivity contribution is 14.1. The van der Waals surface area contributed by atoms with E-state index in [0.29, 0.717) is 18.1 Å². The molecule has 0 radical (unpaired) electrons. The molecule has 0 aromatic carbocycles. The van der Waals surface area contributed by atoms with Gasteiger partial charge in [0.15, 0.2) is 0 Å². The molecule has 1 N–H and O–H groups in total. The molecule has 0 amide bonds. The number of hydrogen-bond acceptors (Lipinski definition) is 2. The summed E-state index contributed by atoms with van der Waals surface area (Å²) in [5.41, 5.74) is 0.257. The highest BCUT2D eigenvalue weighted by Crippen LogP contribution is 2.11. The summed E-state index contributed by atoms with van der Waals surface area (Å²) in [6.45, 7) is 2.35.